The van der Waals surface area contributed by atoms with Crippen LogP contribution >= 0.6 is 0 Å². The predicted molar refractivity (Wildman–Crippen MR) is 96.1 cm³/mol. The van der Waals surface area contributed by atoms with Gasteiger partial charge in [-0.15, -0.1) is 0 Å². The number of aliphatic carboxylic acids is 1. The van der Waals surface area contributed by atoms with Crippen LogP contribution in [0.25, 0.3) is 0 Å². The van der Waals surface area contributed by atoms with Crippen molar-refractivity contribution in [2.75, 3.05) is 32.9 Å². The lowest BCUT2D eigenvalue weighted by atomic mass is 9.74. The van der Waals surface area contributed by atoms with Gasteiger partial charge in [-0.2, -0.15) is 0 Å². The molecule has 1 aromatic rings. The second kappa shape index (κ2) is 7.66. The number of carbonyl (C=O) groups excluding carboxylic acids is 1. The molecule has 142 valence electrons. The summed E-state index contributed by atoms with van der Waals surface area (Å²) in [6, 6.07) is 7.54. The van der Waals surface area contributed by atoms with Gasteiger partial charge in [0.25, 0.3) is 0 Å². The highest BCUT2D eigenvalue weighted by atomic mass is 16.5. The van der Waals surface area contributed by atoms with E-state index in [1.165, 1.54) is 0 Å². The molecule has 2 aliphatic rings. The fourth-order valence-electron chi connectivity index (χ4n) is 3.74. The van der Waals surface area contributed by atoms with Crippen LogP contribution < -0.4 is 4.74 Å². The maximum Gasteiger partial charge on any atom is 0.311 e. The lowest BCUT2D eigenvalue weighted by Gasteiger charge is -2.33. The fraction of sp³-hybridized carbons (Fsp3) is 0.600. The van der Waals surface area contributed by atoms with Gasteiger partial charge in [-0.3, -0.25) is 9.59 Å². The number of ether oxygens (including phenoxy) is 2. The maximum absolute atomic E-state index is 12.7. The minimum absolute atomic E-state index is 0.0316. The first kappa shape index (κ1) is 18.7. The van der Waals surface area contributed by atoms with Crippen molar-refractivity contribution in [3.05, 3.63) is 29.8 Å². The van der Waals surface area contributed by atoms with Gasteiger partial charge in [0.2, 0.25) is 5.91 Å². The average molecular weight is 361 g/mol. The Morgan fingerprint density at radius 1 is 1.35 bits per heavy atom. The molecular weight excluding hydrogens is 334 g/mol. The first-order valence-corrected chi connectivity index (χ1v) is 9.21. The second-order valence-electron chi connectivity index (χ2n) is 7.78. The average Bonchev–Trinajstić information content (AvgIpc) is 3.02. The molecular formula is C20H27NO5. The van der Waals surface area contributed by atoms with Crippen LogP contribution in [0.2, 0.25) is 0 Å². The van der Waals surface area contributed by atoms with Gasteiger partial charge in [0.1, 0.15) is 5.75 Å². The number of hydrogen-bond acceptors (Lipinski definition) is 4. The number of benzene rings is 1. The van der Waals surface area contributed by atoms with Gasteiger partial charge < -0.3 is 19.5 Å². The zero-order chi connectivity index (χ0) is 18.7. The number of fused-ring (bicyclic) bond motifs is 1. The maximum atomic E-state index is 12.7. The summed E-state index contributed by atoms with van der Waals surface area (Å²) < 4.78 is 11.1. The molecule has 2 atom stereocenters. The van der Waals surface area contributed by atoms with E-state index in [4.69, 9.17) is 9.47 Å². The molecule has 0 bridgehead atoms. The molecule has 26 heavy (non-hydrogen) atoms. The third kappa shape index (κ3) is 3.85. The molecule has 2 fully saturated rings. The Morgan fingerprint density at radius 2 is 2.08 bits per heavy atom. The first-order chi connectivity index (χ1) is 12.4. The van der Waals surface area contributed by atoms with Crippen molar-refractivity contribution in [2.45, 2.75) is 26.7 Å². The number of nitrogens with zero attached hydrogens (tertiary/aromatic N) is 1. The number of carboxylic acid groups (broad SMARTS) is 1. The zero-order valence-electron chi connectivity index (χ0n) is 15.4. The lowest BCUT2D eigenvalue weighted by Crippen LogP contribution is -2.45. The summed E-state index contributed by atoms with van der Waals surface area (Å²) in [5.74, 6) is 0.290. The molecule has 0 saturated carbocycles. The molecule has 0 aromatic heterocycles. The van der Waals surface area contributed by atoms with Gasteiger partial charge in [-0.25, -0.2) is 0 Å². The Bertz CT molecular complexity index is 657. The minimum atomic E-state index is -0.845. The van der Waals surface area contributed by atoms with Gasteiger partial charge in [-0.05, 0) is 30.0 Å². The Kier molecular flexibility index (Phi) is 5.51. The molecule has 1 amide bonds. The number of carboxylic acids is 1. The van der Waals surface area contributed by atoms with E-state index < -0.39 is 11.4 Å². The molecule has 0 spiro atoms. The Balaban J connectivity index is 1.61. The summed E-state index contributed by atoms with van der Waals surface area (Å²) in [5, 5.41) is 9.70. The van der Waals surface area contributed by atoms with Crippen LogP contribution in [0.1, 0.15) is 25.8 Å². The molecule has 2 heterocycles. The van der Waals surface area contributed by atoms with Gasteiger partial charge in [-0.1, -0.05) is 26.0 Å². The van der Waals surface area contributed by atoms with Crippen LogP contribution in [-0.2, 0) is 20.7 Å². The van der Waals surface area contributed by atoms with Crippen molar-refractivity contribution in [2.24, 2.45) is 17.3 Å². The van der Waals surface area contributed by atoms with Crippen molar-refractivity contribution < 1.29 is 24.2 Å². The molecule has 6 heteroatoms. The summed E-state index contributed by atoms with van der Waals surface area (Å²) in [7, 11) is 0. The molecule has 0 radical (unpaired) electrons. The molecule has 1 aromatic carbocycles. The normalized spacial score (nSPS) is 25.2. The SMILES string of the molecule is CC(C)COc1ccc(CC(=O)N2C[C@H]3COCC[C@@]3(C(=O)O)C2)cc1. The summed E-state index contributed by atoms with van der Waals surface area (Å²) in [5.41, 5.74) is 0.0602. The van der Waals surface area contributed by atoms with E-state index in [9.17, 15) is 14.7 Å². The van der Waals surface area contributed by atoms with Crippen LogP contribution in [0.5, 0.6) is 5.75 Å². The van der Waals surface area contributed by atoms with E-state index in [1.807, 2.05) is 24.3 Å². The van der Waals surface area contributed by atoms with Crippen LogP contribution in [-0.4, -0.2) is 54.8 Å². The molecule has 3 rings (SSSR count). The van der Waals surface area contributed by atoms with Crippen molar-refractivity contribution >= 4 is 11.9 Å². The Morgan fingerprint density at radius 3 is 2.69 bits per heavy atom. The van der Waals surface area contributed by atoms with E-state index in [0.29, 0.717) is 38.7 Å². The standard InChI is InChI=1S/C20H27NO5/c1-14(2)11-26-17-5-3-15(4-6-17)9-18(22)21-10-16-12-25-8-7-20(16,13-21)19(23)24/h3-6,14,16H,7-13H2,1-2H3,(H,23,24)/t16-,20+/m0/s1. The fourth-order valence-corrected chi connectivity index (χ4v) is 3.74. The van der Waals surface area contributed by atoms with E-state index in [1.54, 1.807) is 4.90 Å². The van der Waals surface area contributed by atoms with Crippen molar-refractivity contribution in [1.29, 1.82) is 0 Å². The predicted octanol–water partition coefficient (Wildman–Crippen LogP) is 2.21. The quantitative estimate of drug-likeness (QED) is 0.841. The third-order valence-electron chi connectivity index (χ3n) is 5.35. The number of hydrogen-bond donors (Lipinski definition) is 1. The minimum Gasteiger partial charge on any atom is -0.493 e. The lowest BCUT2D eigenvalue weighted by molar-refractivity contribution is -0.157. The summed E-state index contributed by atoms with van der Waals surface area (Å²) >= 11 is 0. The van der Waals surface area contributed by atoms with Crippen molar-refractivity contribution in [1.82, 2.24) is 4.90 Å². The van der Waals surface area contributed by atoms with E-state index in [0.717, 1.165) is 11.3 Å². The topological polar surface area (TPSA) is 76.1 Å². The van der Waals surface area contributed by atoms with E-state index in [-0.39, 0.29) is 24.8 Å². The molecule has 2 aliphatic heterocycles. The Hall–Kier alpha value is -2.08. The first-order valence-electron chi connectivity index (χ1n) is 9.21. The van der Waals surface area contributed by atoms with Crippen LogP contribution in [0.15, 0.2) is 24.3 Å². The summed E-state index contributed by atoms with van der Waals surface area (Å²) in [6.45, 7) is 6.45. The molecule has 0 unspecified atom stereocenters. The highest BCUT2D eigenvalue weighted by Gasteiger charge is 2.54. The highest BCUT2D eigenvalue weighted by Crippen LogP contribution is 2.42. The number of amides is 1. The third-order valence-corrected chi connectivity index (χ3v) is 5.35. The van der Waals surface area contributed by atoms with E-state index in [2.05, 4.69) is 13.8 Å². The molecule has 1 N–H and O–H groups in total. The largest absolute Gasteiger partial charge is 0.493 e. The van der Waals surface area contributed by atoms with Crippen LogP contribution in [0.4, 0.5) is 0 Å². The van der Waals surface area contributed by atoms with Crippen LogP contribution in [0.3, 0.4) is 0 Å². The monoisotopic (exact) mass is 361 g/mol. The van der Waals surface area contributed by atoms with Gasteiger partial charge in [0, 0.05) is 25.6 Å². The summed E-state index contributed by atoms with van der Waals surface area (Å²) in [4.78, 5) is 26.2. The number of likely N-dealkylation sites (tertiary alicyclic amines) is 1. The van der Waals surface area contributed by atoms with Crippen molar-refractivity contribution in [3.63, 3.8) is 0 Å². The highest BCUT2D eigenvalue weighted by molar-refractivity contribution is 5.82. The number of carbonyl (C=O) groups is 2. The second-order valence-corrected chi connectivity index (χ2v) is 7.78. The Labute approximate surface area is 154 Å². The van der Waals surface area contributed by atoms with Gasteiger partial charge in [0.05, 0.1) is 25.0 Å². The molecule has 2 saturated heterocycles. The van der Waals surface area contributed by atoms with E-state index >= 15 is 0 Å². The summed E-state index contributed by atoms with van der Waals surface area (Å²) in [6.07, 6.45) is 0.742. The molecule has 0 aliphatic carbocycles. The zero-order valence-corrected chi connectivity index (χ0v) is 15.4. The van der Waals surface area contributed by atoms with Crippen LogP contribution in [0, 0.1) is 17.3 Å². The smallest absolute Gasteiger partial charge is 0.311 e. The number of rotatable bonds is 6. The molecule has 6 nitrogen and oxygen atoms in total. The van der Waals surface area contributed by atoms with Crippen molar-refractivity contribution in [3.8, 4) is 5.75 Å². The van der Waals surface area contributed by atoms with Gasteiger partial charge in [0.15, 0.2) is 0 Å². The van der Waals surface area contributed by atoms with Gasteiger partial charge >= 0.3 is 5.97 Å².